The largest absolute Gasteiger partial charge is 0.465 e. The number of nitrogens with zero attached hydrogens (tertiary/aromatic N) is 1. The summed E-state index contributed by atoms with van der Waals surface area (Å²) in [6.07, 6.45) is 3.98. The molecule has 5 nitrogen and oxygen atoms in total. The third-order valence-electron chi connectivity index (χ3n) is 5.03. The van der Waals surface area contributed by atoms with Crippen LogP contribution in [0.25, 0.3) is 10.9 Å². The number of hydrogen-bond acceptors (Lipinski definition) is 4. The average Bonchev–Trinajstić information content (AvgIpc) is 3.13. The number of methoxy groups -OCH3 is 1. The molecular formula is C21H21NO4S. The van der Waals surface area contributed by atoms with Gasteiger partial charge in [0.25, 0.3) is 0 Å². The minimum absolute atomic E-state index is 0.402. The van der Waals surface area contributed by atoms with Crippen molar-refractivity contribution in [1.29, 1.82) is 0 Å². The lowest BCUT2D eigenvalue weighted by molar-refractivity contribution is 0.0600. The molecule has 1 fully saturated rings. The molecule has 0 N–H and O–H groups in total. The molecule has 1 atom stereocenters. The fourth-order valence-corrected chi connectivity index (χ4v) is 4.73. The van der Waals surface area contributed by atoms with Crippen LogP contribution in [0.3, 0.4) is 0 Å². The van der Waals surface area contributed by atoms with Crippen molar-refractivity contribution >= 4 is 27.9 Å². The quantitative estimate of drug-likeness (QED) is 0.642. The van der Waals surface area contributed by atoms with E-state index in [0.717, 1.165) is 37.0 Å². The summed E-state index contributed by atoms with van der Waals surface area (Å²) in [7, 11) is -0.0497. The van der Waals surface area contributed by atoms with Crippen molar-refractivity contribution in [2.45, 2.75) is 23.7 Å². The number of aromatic nitrogens is 1. The summed E-state index contributed by atoms with van der Waals surface area (Å²) < 4.78 is 25.3. The molecular weight excluding hydrogens is 362 g/mol. The predicted octanol–water partition coefficient (Wildman–Crippen LogP) is 3.89. The second-order valence-corrected chi connectivity index (χ2v) is 7.94. The van der Waals surface area contributed by atoms with E-state index in [4.69, 9.17) is 9.47 Å². The topological polar surface area (TPSA) is 57.5 Å². The average molecular weight is 383 g/mol. The van der Waals surface area contributed by atoms with E-state index in [1.807, 2.05) is 28.4 Å². The Morgan fingerprint density at radius 1 is 1.11 bits per heavy atom. The van der Waals surface area contributed by atoms with Crippen LogP contribution in [0.1, 0.15) is 34.7 Å². The van der Waals surface area contributed by atoms with Gasteiger partial charge in [0.15, 0.2) is 11.0 Å². The molecule has 0 aliphatic carbocycles. The maximum atomic E-state index is 13.2. The molecule has 2 aromatic carbocycles. The fourth-order valence-electron chi connectivity index (χ4n) is 3.59. The molecule has 4 rings (SSSR count). The predicted molar refractivity (Wildman–Crippen MR) is 104 cm³/mol. The molecule has 0 amide bonds. The van der Waals surface area contributed by atoms with Crippen molar-refractivity contribution < 1.29 is 18.5 Å². The van der Waals surface area contributed by atoms with Gasteiger partial charge in [-0.1, -0.05) is 18.2 Å². The number of carbonyl (C=O) groups excluding carboxylic acids is 1. The Bertz CT molecular complexity index is 987. The number of fused-ring (bicyclic) bond motifs is 1. The van der Waals surface area contributed by atoms with E-state index in [1.54, 1.807) is 24.3 Å². The van der Waals surface area contributed by atoms with E-state index < -0.39 is 17.0 Å². The molecule has 6 heteroatoms. The maximum Gasteiger partial charge on any atom is 0.337 e. The van der Waals surface area contributed by atoms with Gasteiger partial charge in [0.2, 0.25) is 0 Å². The van der Waals surface area contributed by atoms with Crippen LogP contribution in [0.15, 0.2) is 59.6 Å². The lowest BCUT2D eigenvalue weighted by Crippen LogP contribution is -2.14. The Kier molecular flexibility index (Phi) is 5.09. The van der Waals surface area contributed by atoms with Gasteiger partial charge >= 0.3 is 5.97 Å². The standard InChI is InChI=1S/C21H21NO4S/c1-25-21(23)16-6-8-17(9-7-16)27(24)22-14-19(15-10-12-26-13-11-15)18-4-2-3-5-20(18)22/h2-9,14-15H,10-13H2,1H3. The molecule has 0 bridgehead atoms. The van der Waals surface area contributed by atoms with Crippen LogP contribution in [0.5, 0.6) is 0 Å². The van der Waals surface area contributed by atoms with E-state index in [9.17, 15) is 9.00 Å². The SMILES string of the molecule is COC(=O)c1ccc(S(=O)n2cc(C3CCOCC3)c3ccccc32)cc1. The zero-order valence-corrected chi connectivity index (χ0v) is 15.9. The molecule has 1 unspecified atom stereocenters. The highest BCUT2D eigenvalue weighted by Gasteiger charge is 2.22. The van der Waals surface area contributed by atoms with Gasteiger partial charge in [0, 0.05) is 24.8 Å². The van der Waals surface area contributed by atoms with Gasteiger partial charge in [0.05, 0.1) is 23.1 Å². The van der Waals surface area contributed by atoms with Crippen LogP contribution >= 0.6 is 0 Å². The molecule has 1 saturated heterocycles. The van der Waals surface area contributed by atoms with Crippen LogP contribution in [0.2, 0.25) is 0 Å². The molecule has 1 aromatic heterocycles. The van der Waals surface area contributed by atoms with Gasteiger partial charge in [-0.15, -0.1) is 0 Å². The highest BCUT2D eigenvalue weighted by molar-refractivity contribution is 7.83. The lowest BCUT2D eigenvalue weighted by Gasteiger charge is -2.21. The van der Waals surface area contributed by atoms with E-state index in [1.165, 1.54) is 12.7 Å². The first-order valence-corrected chi connectivity index (χ1v) is 10.1. The number of para-hydroxylation sites is 1. The number of carbonyl (C=O) groups is 1. The molecule has 0 spiro atoms. The van der Waals surface area contributed by atoms with Crippen molar-refractivity contribution in [2.75, 3.05) is 20.3 Å². The van der Waals surface area contributed by atoms with Crippen LogP contribution in [0, 0.1) is 0 Å². The van der Waals surface area contributed by atoms with Crippen LogP contribution in [-0.4, -0.2) is 34.5 Å². The molecule has 3 aromatic rings. The highest BCUT2D eigenvalue weighted by atomic mass is 32.2. The van der Waals surface area contributed by atoms with Gasteiger partial charge in [0.1, 0.15) is 0 Å². The van der Waals surface area contributed by atoms with Gasteiger partial charge < -0.3 is 9.47 Å². The Hall–Kier alpha value is -2.44. The third-order valence-corrected chi connectivity index (χ3v) is 6.36. The second-order valence-electron chi connectivity index (χ2n) is 6.58. The Morgan fingerprint density at radius 3 is 2.52 bits per heavy atom. The van der Waals surface area contributed by atoms with E-state index in [-0.39, 0.29) is 0 Å². The Balaban J connectivity index is 1.72. The van der Waals surface area contributed by atoms with Crippen LogP contribution < -0.4 is 0 Å². The number of rotatable bonds is 4. The molecule has 0 radical (unpaired) electrons. The van der Waals surface area contributed by atoms with Crippen molar-refractivity contribution in [1.82, 2.24) is 3.97 Å². The van der Waals surface area contributed by atoms with Crippen LogP contribution in [0.4, 0.5) is 0 Å². The van der Waals surface area contributed by atoms with Crippen molar-refractivity contribution in [3.05, 3.63) is 65.9 Å². The molecule has 0 saturated carbocycles. The normalized spacial score (nSPS) is 16.3. The van der Waals surface area contributed by atoms with Crippen LogP contribution in [-0.2, 0) is 20.5 Å². The summed E-state index contributed by atoms with van der Waals surface area (Å²) in [6, 6.07) is 14.8. The van der Waals surface area contributed by atoms with E-state index in [0.29, 0.717) is 16.4 Å². The van der Waals surface area contributed by atoms with E-state index in [2.05, 4.69) is 6.07 Å². The molecule has 2 heterocycles. The monoisotopic (exact) mass is 383 g/mol. The number of ether oxygens (including phenoxy) is 2. The third kappa shape index (κ3) is 3.42. The first-order chi connectivity index (χ1) is 13.2. The number of esters is 1. The fraction of sp³-hybridized carbons (Fsp3) is 0.286. The maximum absolute atomic E-state index is 13.2. The molecule has 1 aliphatic rings. The number of hydrogen-bond donors (Lipinski definition) is 0. The van der Waals surface area contributed by atoms with Gasteiger partial charge in [-0.05, 0) is 54.7 Å². The number of benzene rings is 2. The van der Waals surface area contributed by atoms with Gasteiger partial charge in [-0.2, -0.15) is 0 Å². The van der Waals surface area contributed by atoms with Crippen molar-refractivity contribution in [2.24, 2.45) is 0 Å². The lowest BCUT2D eigenvalue weighted by atomic mass is 9.91. The minimum atomic E-state index is -1.40. The van der Waals surface area contributed by atoms with E-state index >= 15 is 0 Å². The van der Waals surface area contributed by atoms with Crippen molar-refractivity contribution in [3.63, 3.8) is 0 Å². The van der Waals surface area contributed by atoms with Crippen molar-refractivity contribution in [3.8, 4) is 0 Å². The second kappa shape index (κ2) is 7.66. The summed E-state index contributed by atoms with van der Waals surface area (Å²) in [5.74, 6) is 0.0177. The summed E-state index contributed by atoms with van der Waals surface area (Å²) >= 11 is 0. The Labute approximate surface area is 160 Å². The zero-order valence-electron chi connectivity index (χ0n) is 15.1. The minimum Gasteiger partial charge on any atom is -0.465 e. The zero-order chi connectivity index (χ0) is 18.8. The molecule has 140 valence electrons. The summed E-state index contributed by atoms with van der Waals surface area (Å²) in [4.78, 5) is 12.2. The summed E-state index contributed by atoms with van der Waals surface area (Å²) in [5.41, 5.74) is 2.63. The first kappa shape index (κ1) is 17.9. The van der Waals surface area contributed by atoms with Gasteiger partial charge in [-0.3, -0.25) is 3.97 Å². The Morgan fingerprint density at radius 2 is 1.81 bits per heavy atom. The summed E-state index contributed by atoms with van der Waals surface area (Å²) in [5, 5.41) is 1.14. The molecule has 27 heavy (non-hydrogen) atoms. The highest BCUT2D eigenvalue weighted by Crippen LogP contribution is 2.34. The van der Waals surface area contributed by atoms with Gasteiger partial charge in [-0.25, -0.2) is 9.00 Å². The summed E-state index contributed by atoms with van der Waals surface area (Å²) in [6.45, 7) is 1.53. The first-order valence-electron chi connectivity index (χ1n) is 8.97. The smallest absolute Gasteiger partial charge is 0.337 e. The molecule has 1 aliphatic heterocycles.